The Hall–Kier alpha value is -2.38. The number of hydrogen-bond donors (Lipinski definition) is 2. The molecular weight excluding hydrogens is 360 g/mol. The van der Waals surface area contributed by atoms with Crippen LogP contribution >= 0.6 is 11.3 Å². The molecule has 1 aromatic carbocycles. The molecule has 2 aromatic rings. The van der Waals surface area contributed by atoms with Gasteiger partial charge in [0.05, 0.1) is 6.04 Å². The second-order valence-electron chi connectivity index (χ2n) is 6.44. The summed E-state index contributed by atoms with van der Waals surface area (Å²) in [7, 11) is 0. The molecule has 3 amide bonds. The van der Waals surface area contributed by atoms with Gasteiger partial charge in [-0.15, -0.1) is 0 Å². The van der Waals surface area contributed by atoms with E-state index in [0.717, 1.165) is 18.8 Å². The zero-order chi connectivity index (χ0) is 19.2. The summed E-state index contributed by atoms with van der Waals surface area (Å²) in [6.45, 7) is 7.91. The first-order valence-electron chi connectivity index (χ1n) is 9.33. The van der Waals surface area contributed by atoms with Gasteiger partial charge in [-0.25, -0.2) is 4.79 Å². The molecule has 1 saturated heterocycles. The third kappa shape index (κ3) is 4.48. The van der Waals surface area contributed by atoms with Crippen molar-refractivity contribution in [2.24, 2.45) is 0 Å². The second-order valence-corrected chi connectivity index (χ2v) is 7.22. The van der Waals surface area contributed by atoms with Gasteiger partial charge in [0.15, 0.2) is 0 Å². The van der Waals surface area contributed by atoms with Crippen LogP contribution in [0.4, 0.5) is 10.5 Å². The quantitative estimate of drug-likeness (QED) is 0.733. The van der Waals surface area contributed by atoms with Gasteiger partial charge < -0.3 is 10.6 Å². The van der Waals surface area contributed by atoms with Crippen molar-refractivity contribution in [3.8, 4) is 0 Å². The van der Waals surface area contributed by atoms with Crippen molar-refractivity contribution in [3.05, 3.63) is 52.2 Å². The molecule has 27 heavy (non-hydrogen) atoms. The molecule has 6 nitrogen and oxygen atoms in total. The first kappa shape index (κ1) is 19.4. The highest BCUT2D eigenvalue weighted by Crippen LogP contribution is 2.23. The van der Waals surface area contributed by atoms with E-state index in [1.807, 2.05) is 12.1 Å². The molecule has 0 radical (unpaired) electrons. The summed E-state index contributed by atoms with van der Waals surface area (Å²) in [4.78, 5) is 28.6. The number of rotatable bonds is 8. The number of likely N-dealkylation sites (N-methyl/N-ethyl adjacent to an activating group) is 1. The van der Waals surface area contributed by atoms with Gasteiger partial charge in [-0.05, 0) is 53.7 Å². The van der Waals surface area contributed by atoms with E-state index in [1.54, 1.807) is 28.4 Å². The summed E-state index contributed by atoms with van der Waals surface area (Å²) in [6.07, 6.45) is 0. The van der Waals surface area contributed by atoms with Crippen LogP contribution in [0.25, 0.3) is 0 Å². The van der Waals surface area contributed by atoms with E-state index in [0.29, 0.717) is 25.2 Å². The van der Waals surface area contributed by atoms with Crippen LogP contribution in [-0.2, 0) is 0 Å². The Labute approximate surface area is 164 Å². The SMILES string of the molecule is CCN(CC)[C@H](CNC(=O)c1cccc(N2CCNC2=O)c1)c1ccsc1. The van der Waals surface area contributed by atoms with E-state index < -0.39 is 0 Å². The van der Waals surface area contributed by atoms with Gasteiger partial charge in [0.2, 0.25) is 0 Å². The van der Waals surface area contributed by atoms with Crippen molar-refractivity contribution < 1.29 is 9.59 Å². The molecule has 0 saturated carbocycles. The molecule has 1 aliphatic rings. The maximum Gasteiger partial charge on any atom is 0.321 e. The maximum atomic E-state index is 12.7. The van der Waals surface area contributed by atoms with Crippen molar-refractivity contribution in [2.75, 3.05) is 37.6 Å². The number of urea groups is 1. The lowest BCUT2D eigenvalue weighted by molar-refractivity contribution is 0.0935. The fourth-order valence-corrected chi connectivity index (χ4v) is 4.12. The van der Waals surface area contributed by atoms with Crippen molar-refractivity contribution in [1.82, 2.24) is 15.5 Å². The van der Waals surface area contributed by atoms with E-state index >= 15 is 0 Å². The van der Waals surface area contributed by atoms with Crippen molar-refractivity contribution in [2.45, 2.75) is 19.9 Å². The predicted octanol–water partition coefficient (Wildman–Crippen LogP) is 3.09. The number of nitrogens with zero attached hydrogens (tertiary/aromatic N) is 2. The maximum absolute atomic E-state index is 12.7. The lowest BCUT2D eigenvalue weighted by atomic mass is 10.1. The Bertz CT molecular complexity index is 774. The molecule has 1 atom stereocenters. The number of nitrogens with one attached hydrogen (secondary N) is 2. The number of anilines is 1. The highest BCUT2D eigenvalue weighted by molar-refractivity contribution is 7.07. The molecular formula is C20H26N4O2S. The smallest absolute Gasteiger partial charge is 0.321 e. The van der Waals surface area contributed by atoms with Gasteiger partial charge >= 0.3 is 6.03 Å². The third-order valence-electron chi connectivity index (χ3n) is 4.91. The number of hydrogen-bond acceptors (Lipinski definition) is 4. The Balaban J connectivity index is 1.70. The van der Waals surface area contributed by atoms with Crippen LogP contribution in [0.3, 0.4) is 0 Å². The summed E-state index contributed by atoms with van der Waals surface area (Å²) >= 11 is 1.67. The van der Waals surface area contributed by atoms with Crippen LogP contribution in [0.5, 0.6) is 0 Å². The van der Waals surface area contributed by atoms with Gasteiger partial charge in [-0.1, -0.05) is 19.9 Å². The molecule has 3 rings (SSSR count). The lowest BCUT2D eigenvalue weighted by Gasteiger charge is -2.29. The van der Waals surface area contributed by atoms with E-state index in [4.69, 9.17) is 0 Å². The number of benzene rings is 1. The van der Waals surface area contributed by atoms with Gasteiger partial charge in [-0.3, -0.25) is 14.6 Å². The molecule has 0 spiro atoms. The average molecular weight is 387 g/mol. The zero-order valence-electron chi connectivity index (χ0n) is 15.8. The standard InChI is InChI=1S/C20H26N4O2S/c1-3-23(4-2)18(16-8-11-27-14-16)13-22-19(25)15-6-5-7-17(12-15)24-10-9-21-20(24)26/h5-8,11-12,14,18H,3-4,9-10,13H2,1-2H3,(H,21,26)(H,22,25)/t18-/m1/s1. The van der Waals surface area contributed by atoms with Gasteiger partial charge in [-0.2, -0.15) is 11.3 Å². The molecule has 0 aliphatic carbocycles. The first-order chi connectivity index (χ1) is 13.1. The molecule has 2 heterocycles. The van der Waals surface area contributed by atoms with E-state index in [2.05, 4.69) is 46.2 Å². The normalized spacial score (nSPS) is 15.1. The molecule has 0 bridgehead atoms. The lowest BCUT2D eigenvalue weighted by Crippen LogP contribution is -2.38. The van der Waals surface area contributed by atoms with E-state index in [-0.39, 0.29) is 18.0 Å². The summed E-state index contributed by atoms with van der Waals surface area (Å²) in [6, 6.07) is 9.38. The monoisotopic (exact) mass is 386 g/mol. The largest absolute Gasteiger partial charge is 0.350 e. The summed E-state index contributed by atoms with van der Waals surface area (Å²) in [5.74, 6) is -0.121. The minimum Gasteiger partial charge on any atom is -0.350 e. The average Bonchev–Trinajstić information content (AvgIpc) is 3.36. The molecule has 1 aliphatic heterocycles. The van der Waals surface area contributed by atoms with Crippen LogP contribution in [0.2, 0.25) is 0 Å². The van der Waals surface area contributed by atoms with Crippen molar-refractivity contribution >= 4 is 29.0 Å². The summed E-state index contributed by atoms with van der Waals surface area (Å²) in [5, 5.41) is 10.1. The Kier molecular flexibility index (Phi) is 6.47. The molecule has 1 fully saturated rings. The van der Waals surface area contributed by atoms with Crippen LogP contribution in [0, 0.1) is 0 Å². The van der Waals surface area contributed by atoms with Crippen LogP contribution < -0.4 is 15.5 Å². The number of carbonyl (C=O) groups is 2. The highest BCUT2D eigenvalue weighted by Gasteiger charge is 2.23. The minimum absolute atomic E-state index is 0.119. The number of amides is 3. The third-order valence-corrected chi connectivity index (χ3v) is 5.62. The Morgan fingerprint density at radius 1 is 1.33 bits per heavy atom. The Morgan fingerprint density at radius 3 is 2.78 bits per heavy atom. The minimum atomic E-state index is -0.121. The highest BCUT2D eigenvalue weighted by atomic mass is 32.1. The molecule has 0 unspecified atom stereocenters. The predicted molar refractivity (Wildman–Crippen MR) is 110 cm³/mol. The molecule has 2 N–H and O–H groups in total. The molecule has 1 aromatic heterocycles. The fraction of sp³-hybridized carbons (Fsp3) is 0.400. The number of thiophene rings is 1. The van der Waals surface area contributed by atoms with Crippen molar-refractivity contribution in [1.29, 1.82) is 0 Å². The summed E-state index contributed by atoms with van der Waals surface area (Å²) in [5.41, 5.74) is 2.54. The topological polar surface area (TPSA) is 64.7 Å². The van der Waals surface area contributed by atoms with Gasteiger partial charge in [0.1, 0.15) is 0 Å². The molecule has 7 heteroatoms. The number of carbonyl (C=O) groups excluding carboxylic acids is 2. The Morgan fingerprint density at radius 2 is 2.15 bits per heavy atom. The van der Waals surface area contributed by atoms with Gasteiger partial charge in [0, 0.05) is 30.9 Å². The van der Waals surface area contributed by atoms with Crippen LogP contribution in [0.15, 0.2) is 41.1 Å². The fourth-order valence-electron chi connectivity index (χ4n) is 3.41. The van der Waals surface area contributed by atoms with Gasteiger partial charge in [0.25, 0.3) is 5.91 Å². The van der Waals surface area contributed by atoms with Crippen LogP contribution in [-0.4, -0.2) is 49.6 Å². The van der Waals surface area contributed by atoms with Crippen molar-refractivity contribution in [3.63, 3.8) is 0 Å². The molecule has 144 valence electrons. The zero-order valence-corrected chi connectivity index (χ0v) is 16.6. The van der Waals surface area contributed by atoms with E-state index in [9.17, 15) is 9.59 Å². The first-order valence-corrected chi connectivity index (χ1v) is 10.3. The van der Waals surface area contributed by atoms with Crippen LogP contribution in [0.1, 0.15) is 35.8 Å². The second kappa shape index (κ2) is 9.01. The summed E-state index contributed by atoms with van der Waals surface area (Å²) < 4.78 is 0. The van der Waals surface area contributed by atoms with E-state index in [1.165, 1.54) is 5.56 Å².